The standard InChI is InChI=1S/C27H29N5O3/c1-6-26(34)32(7-2)24-15-22(9-11-25(24)35-5)30-27-29-16-21-14-20(8-10-23(21)31-27)19(4)18(3)12-13-28-17-33/h6,8-17H,1,7H2,2-5H3,(H,28,33)(H,29,30,31)/b13-12-,19-18+. The lowest BCUT2D eigenvalue weighted by Crippen LogP contribution is -2.29. The van der Waals surface area contributed by atoms with Crippen LogP contribution in [0.5, 0.6) is 5.75 Å². The van der Waals surface area contributed by atoms with Crippen molar-refractivity contribution < 1.29 is 14.3 Å². The van der Waals surface area contributed by atoms with Crippen molar-refractivity contribution in [1.29, 1.82) is 0 Å². The zero-order valence-electron chi connectivity index (χ0n) is 20.3. The summed E-state index contributed by atoms with van der Waals surface area (Å²) in [5, 5.41) is 6.63. The van der Waals surface area contributed by atoms with Crippen LogP contribution in [0.25, 0.3) is 16.5 Å². The fourth-order valence-electron chi connectivity index (χ4n) is 3.55. The first-order chi connectivity index (χ1) is 16.9. The van der Waals surface area contributed by atoms with Crippen molar-refractivity contribution in [2.24, 2.45) is 0 Å². The summed E-state index contributed by atoms with van der Waals surface area (Å²) in [6.07, 6.45) is 7.13. The van der Waals surface area contributed by atoms with E-state index in [0.29, 0.717) is 30.3 Å². The minimum Gasteiger partial charge on any atom is -0.495 e. The number of carbonyl (C=O) groups is 2. The summed E-state index contributed by atoms with van der Waals surface area (Å²) in [5.74, 6) is 0.802. The number of fused-ring (bicyclic) bond motifs is 1. The molecule has 0 spiro atoms. The number of methoxy groups -OCH3 is 1. The molecule has 0 aliphatic rings. The number of anilines is 3. The number of allylic oxidation sites excluding steroid dienone is 3. The minimum atomic E-state index is -0.212. The molecule has 0 fully saturated rings. The molecule has 2 aromatic carbocycles. The highest BCUT2D eigenvalue weighted by Crippen LogP contribution is 2.32. The Morgan fingerprint density at radius 3 is 2.69 bits per heavy atom. The van der Waals surface area contributed by atoms with Gasteiger partial charge in [-0.1, -0.05) is 12.6 Å². The zero-order valence-corrected chi connectivity index (χ0v) is 20.3. The molecule has 0 aliphatic carbocycles. The molecule has 3 aromatic rings. The van der Waals surface area contributed by atoms with Crippen molar-refractivity contribution in [1.82, 2.24) is 15.3 Å². The SMILES string of the molecule is C=CC(=O)N(CC)c1cc(Nc2ncc3cc(/C(C)=C(C)/C=C\NC=O)ccc3n2)ccc1OC. The summed E-state index contributed by atoms with van der Waals surface area (Å²) in [6, 6.07) is 11.4. The van der Waals surface area contributed by atoms with Gasteiger partial charge in [-0.25, -0.2) is 9.97 Å². The normalized spacial score (nSPS) is 11.7. The van der Waals surface area contributed by atoms with Crippen molar-refractivity contribution in [3.8, 4) is 5.75 Å². The lowest BCUT2D eigenvalue weighted by atomic mass is 10.0. The highest BCUT2D eigenvalue weighted by molar-refractivity contribution is 6.02. The van der Waals surface area contributed by atoms with E-state index in [0.717, 1.165) is 33.3 Å². The van der Waals surface area contributed by atoms with E-state index in [1.165, 1.54) is 6.08 Å². The average molecular weight is 472 g/mol. The predicted molar refractivity (Wildman–Crippen MR) is 141 cm³/mol. The quantitative estimate of drug-likeness (QED) is 0.246. The summed E-state index contributed by atoms with van der Waals surface area (Å²) in [6.45, 7) is 9.95. The number of rotatable bonds is 10. The first-order valence-corrected chi connectivity index (χ1v) is 11.1. The molecule has 0 atom stereocenters. The van der Waals surface area contributed by atoms with E-state index < -0.39 is 0 Å². The van der Waals surface area contributed by atoms with Gasteiger partial charge in [0.1, 0.15) is 5.75 Å². The van der Waals surface area contributed by atoms with Gasteiger partial charge in [0, 0.05) is 30.0 Å². The third-order valence-corrected chi connectivity index (χ3v) is 5.58. The van der Waals surface area contributed by atoms with E-state index in [4.69, 9.17) is 4.74 Å². The van der Waals surface area contributed by atoms with Gasteiger partial charge in [0.15, 0.2) is 0 Å². The predicted octanol–water partition coefficient (Wildman–Crippen LogP) is 4.97. The largest absolute Gasteiger partial charge is 0.495 e. The summed E-state index contributed by atoms with van der Waals surface area (Å²) in [7, 11) is 1.57. The van der Waals surface area contributed by atoms with Gasteiger partial charge < -0.3 is 20.3 Å². The Morgan fingerprint density at radius 2 is 2.00 bits per heavy atom. The molecular formula is C27H29N5O3. The molecular weight excluding hydrogens is 442 g/mol. The zero-order chi connectivity index (χ0) is 25.4. The number of ether oxygens (including phenoxy) is 1. The van der Waals surface area contributed by atoms with E-state index in [2.05, 4.69) is 27.2 Å². The third-order valence-electron chi connectivity index (χ3n) is 5.58. The topological polar surface area (TPSA) is 96.5 Å². The first-order valence-electron chi connectivity index (χ1n) is 11.1. The van der Waals surface area contributed by atoms with Gasteiger partial charge in [0.05, 0.1) is 18.3 Å². The number of carbonyl (C=O) groups excluding carboxylic acids is 2. The monoisotopic (exact) mass is 471 g/mol. The van der Waals surface area contributed by atoms with Gasteiger partial charge in [0.25, 0.3) is 0 Å². The van der Waals surface area contributed by atoms with Crippen LogP contribution in [0.2, 0.25) is 0 Å². The van der Waals surface area contributed by atoms with Crippen LogP contribution >= 0.6 is 0 Å². The molecule has 2 N–H and O–H groups in total. The molecule has 0 radical (unpaired) electrons. The number of benzene rings is 2. The van der Waals surface area contributed by atoms with Gasteiger partial charge in [0.2, 0.25) is 18.3 Å². The molecule has 0 aliphatic heterocycles. The number of nitrogens with one attached hydrogen (secondary N) is 2. The van der Waals surface area contributed by atoms with E-state index in [9.17, 15) is 9.59 Å². The van der Waals surface area contributed by atoms with Crippen LogP contribution in [-0.4, -0.2) is 35.9 Å². The average Bonchev–Trinajstić information content (AvgIpc) is 2.88. The van der Waals surface area contributed by atoms with E-state index >= 15 is 0 Å². The van der Waals surface area contributed by atoms with E-state index in [-0.39, 0.29) is 5.91 Å². The molecule has 1 aromatic heterocycles. The van der Waals surface area contributed by atoms with Gasteiger partial charge in [-0.3, -0.25) is 9.59 Å². The van der Waals surface area contributed by atoms with Crippen LogP contribution < -0.4 is 20.3 Å². The molecule has 8 heteroatoms. The van der Waals surface area contributed by atoms with Crippen molar-refractivity contribution in [3.05, 3.63) is 78.7 Å². The van der Waals surface area contributed by atoms with Crippen molar-refractivity contribution in [2.45, 2.75) is 20.8 Å². The Kier molecular flexibility index (Phi) is 8.34. The van der Waals surface area contributed by atoms with Crippen LogP contribution in [0.4, 0.5) is 17.3 Å². The van der Waals surface area contributed by atoms with Crippen molar-refractivity contribution in [2.75, 3.05) is 23.9 Å². The molecule has 1 heterocycles. The second-order valence-electron chi connectivity index (χ2n) is 7.69. The fourth-order valence-corrected chi connectivity index (χ4v) is 3.55. The maximum atomic E-state index is 12.3. The molecule has 3 rings (SSSR count). The van der Waals surface area contributed by atoms with Crippen LogP contribution in [0.15, 0.2) is 73.1 Å². The summed E-state index contributed by atoms with van der Waals surface area (Å²) >= 11 is 0. The molecule has 180 valence electrons. The smallest absolute Gasteiger partial charge is 0.250 e. The van der Waals surface area contributed by atoms with Gasteiger partial charge in [-0.05, 0) is 80.0 Å². The van der Waals surface area contributed by atoms with Gasteiger partial charge >= 0.3 is 0 Å². The summed E-state index contributed by atoms with van der Waals surface area (Å²) in [4.78, 5) is 33.4. The van der Waals surface area contributed by atoms with Crippen LogP contribution in [-0.2, 0) is 9.59 Å². The lowest BCUT2D eigenvalue weighted by molar-refractivity contribution is -0.114. The van der Waals surface area contributed by atoms with Crippen LogP contribution in [0.3, 0.4) is 0 Å². The highest BCUT2D eigenvalue weighted by Gasteiger charge is 2.16. The van der Waals surface area contributed by atoms with Crippen LogP contribution in [0, 0.1) is 0 Å². The Hall–Kier alpha value is -4.46. The molecule has 0 unspecified atom stereocenters. The Bertz CT molecular complexity index is 1310. The lowest BCUT2D eigenvalue weighted by Gasteiger charge is -2.22. The maximum absolute atomic E-state index is 12.3. The fraction of sp³-hybridized carbons (Fsp3) is 0.185. The van der Waals surface area contributed by atoms with E-state index in [1.807, 2.05) is 57.2 Å². The number of amides is 2. The van der Waals surface area contributed by atoms with Crippen LogP contribution in [0.1, 0.15) is 26.3 Å². The number of hydrogen-bond donors (Lipinski definition) is 2. The van der Waals surface area contributed by atoms with Gasteiger partial charge in [-0.2, -0.15) is 0 Å². The van der Waals surface area contributed by atoms with Gasteiger partial charge in [-0.15, -0.1) is 0 Å². The molecule has 0 bridgehead atoms. The van der Waals surface area contributed by atoms with Crippen molar-refractivity contribution >= 4 is 46.1 Å². The number of aromatic nitrogens is 2. The number of likely N-dealkylation sites (N-methyl/N-ethyl adjacent to an activating group) is 1. The second kappa shape index (κ2) is 11.6. The molecule has 35 heavy (non-hydrogen) atoms. The molecule has 0 saturated heterocycles. The highest BCUT2D eigenvalue weighted by atomic mass is 16.5. The Morgan fingerprint density at radius 1 is 1.20 bits per heavy atom. The summed E-state index contributed by atoms with van der Waals surface area (Å²) < 4.78 is 5.45. The Labute approximate surface area is 205 Å². The van der Waals surface area contributed by atoms with Crippen molar-refractivity contribution in [3.63, 3.8) is 0 Å². The maximum Gasteiger partial charge on any atom is 0.250 e. The number of hydrogen-bond acceptors (Lipinski definition) is 6. The molecule has 0 saturated carbocycles. The molecule has 2 amide bonds. The summed E-state index contributed by atoms with van der Waals surface area (Å²) in [5.41, 5.74) is 5.30. The minimum absolute atomic E-state index is 0.212. The number of nitrogens with zero attached hydrogens (tertiary/aromatic N) is 3. The third kappa shape index (κ3) is 5.92. The Balaban J connectivity index is 1.89. The second-order valence-corrected chi connectivity index (χ2v) is 7.69. The van der Waals surface area contributed by atoms with E-state index in [1.54, 1.807) is 30.5 Å². The first kappa shape index (κ1) is 25.2. The molecule has 8 nitrogen and oxygen atoms in total.